The lowest BCUT2D eigenvalue weighted by molar-refractivity contribution is -0.141. The van der Waals surface area contributed by atoms with Crippen LogP contribution in [0.4, 0.5) is 4.39 Å². The average molecular weight is 278 g/mol. The minimum Gasteiger partial charge on any atom is -0.481 e. The van der Waals surface area contributed by atoms with Crippen LogP contribution >= 0.6 is 0 Å². The summed E-state index contributed by atoms with van der Waals surface area (Å²) in [5, 5.41) is 9.15. The van der Waals surface area contributed by atoms with E-state index < -0.39 is 11.9 Å². The van der Waals surface area contributed by atoms with E-state index in [1.165, 1.54) is 6.07 Å². The molecule has 2 aromatic rings. The van der Waals surface area contributed by atoms with Crippen molar-refractivity contribution in [2.24, 2.45) is 5.92 Å². The summed E-state index contributed by atoms with van der Waals surface area (Å²) in [6.45, 7) is 6.20. The molecule has 0 amide bonds. The van der Waals surface area contributed by atoms with Crippen molar-refractivity contribution in [3.05, 3.63) is 29.8 Å². The number of halogens is 1. The Hall–Kier alpha value is -1.91. The summed E-state index contributed by atoms with van der Waals surface area (Å²) < 4.78 is 15.8. The van der Waals surface area contributed by atoms with Gasteiger partial charge in [-0.3, -0.25) is 4.79 Å². The fraction of sp³-hybridized carbons (Fsp3) is 0.467. The molecule has 108 valence electrons. The standard InChI is InChI=1S/C15H19FN2O2/c1-4-8-18-12-7-5-6-11(16)13(12)17-14(18)9(2)10(3)15(19)20/h5-7,9-10H,4,8H2,1-3H3,(H,19,20). The molecule has 0 fully saturated rings. The molecule has 2 unspecified atom stereocenters. The second-order valence-corrected chi connectivity index (χ2v) is 5.14. The number of fused-ring (bicyclic) bond motifs is 1. The van der Waals surface area contributed by atoms with Gasteiger partial charge in [0, 0.05) is 12.5 Å². The normalized spacial score (nSPS) is 14.4. The molecule has 4 nitrogen and oxygen atoms in total. The fourth-order valence-corrected chi connectivity index (χ4v) is 2.37. The Balaban J connectivity index is 2.59. The van der Waals surface area contributed by atoms with Crippen LogP contribution in [0.25, 0.3) is 11.0 Å². The van der Waals surface area contributed by atoms with Gasteiger partial charge in [0.05, 0.1) is 11.4 Å². The van der Waals surface area contributed by atoms with Crippen LogP contribution in [0.15, 0.2) is 18.2 Å². The number of carboxylic acids is 1. The van der Waals surface area contributed by atoms with Crippen LogP contribution in [0.3, 0.4) is 0 Å². The van der Waals surface area contributed by atoms with E-state index in [2.05, 4.69) is 4.98 Å². The summed E-state index contributed by atoms with van der Waals surface area (Å²) in [5.74, 6) is -1.43. The minimum absolute atomic E-state index is 0.272. The summed E-state index contributed by atoms with van der Waals surface area (Å²) in [6.07, 6.45) is 0.878. The van der Waals surface area contributed by atoms with Crippen molar-refractivity contribution in [1.82, 2.24) is 9.55 Å². The number of para-hydroxylation sites is 1. The summed E-state index contributed by atoms with van der Waals surface area (Å²) in [6, 6.07) is 4.85. The van der Waals surface area contributed by atoms with Crippen LogP contribution < -0.4 is 0 Å². The Morgan fingerprint density at radius 3 is 2.75 bits per heavy atom. The van der Waals surface area contributed by atoms with Gasteiger partial charge in [-0.1, -0.05) is 26.8 Å². The zero-order valence-corrected chi connectivity index (χ0v) is 11.9. The number of carboxylic acid groups (broad SMARTS) is 1. The molecule has 0 saturated heterocycles. The molecule has 0 aliphatic carbocycles. The average Bonchev–Trinajstić information content (AvgIpc) is 2.78. The van der Waals surface area contributed by atoms with Crippen molar-refractivity contribution in [3.63, 3.8) is 0 Å². The summed E-state index contributed by atoms with van der Waals surface area (Å²) >= 11 is 0. The van der Waals surface area contributed by atoms with Crippen molar-refractivity contribution >= 4 is 17.0 Å². The van der Waals surface area contributed by atoms with Gasteiger partial charge in [0.1, 0.15) is 11.3 Å². The lowest BCUT2D eigenvalue weighted by Crippen LogP contribution is -2.20. The Morgan fingerprint density at radius 1 is 1.45 bits per heavy atom. The molecular weight excluding hydrogens is 259 g/mol. The summed E-state index contributed by atoms with van der Waals surface area (Å²) in [5.41, 5.74) is 1.05. The maximum absolute atomic E-state index is 13.9. The van der Waals surface area contributed by atoms with Crippen molar-refractivity contribution in [3.8, 4) is 0 Å². The number of rotatable bonds is 5. The lowest BCUT2D eigenvalue weighted by atomic mass is 9.95. The van der Waals surface area contributed by atoms with Crippen molar-refractivity contribution < 1.29 is 14.3 Å². The highest BCUT2D eigenvalue weighted by Crippen LogP contribution is 2.28. The molecular formula is C15H19FN2O2. The lowest BCUT2D eigenvalue weighted by Gasteiger charge is -2.17. The Morgan fingerprint density at radius 2 is 2.15 bits per heavy atom. The third kappa shape index (κ3) is 2.40. The predicted octanol–water partition coefficient (Wildman–Crippen LogP) is 3.41. The van der Waals surface area contributed by atoms with Gasteiger partial charge in [-0.05, 0) is 18.6 Å². The maximum atomic E-state index is 13.9. The number of aliphatic carboxylic acids is 1. The molecule has 1 aromatic heterocycles. The molecule has 0 spiro atoms. The topological polar surface area (TPSA) is 55.1 Å². The number of nitrogens with zero attached hydrogens (tertiary/aromatic N) is 2. The smallest absolute Gasteiger partial charge is 0.306 e. The first-order valence-corrected chi connectivity index (χ1v) is 6.84. The number of hydrogen-bond donors (Lipinski definition) is 1. The van der Waals surface area contributed by atoms with E-state index in [0.717, 1.165) is 11.9 Å². The van der Waals surface area contributed by atoms with Crippen LogP contribution in [-0.2, 0) is 11.3 Å². The van der Waals surface area contributed by atoms with Gasteiger partial charge in [-0.15, -0.1) is 0 Å². The monoisotopic (exact) mass is 278 g/mol. The summed E-state index contributed by atoms with van der Waals surface area (Å²) in [7, 11) is 0. The van der Waals surface area contributed by atoms with Gasteiger partial charge < -0.3 is 9.67 Å². The molecule has 0 aliphatic rings. The Bertz CT molecular complexity index is 636. The second-order valence-electron chi connectivity index (χ2n) is 5.14. The first-order chi connectivity index (χ1) is 9.47. The molecule has 5 heteroatoms. The molecule has 2 atom stereocenters. The molecule has 0 radical (unpaired) electrons. The van der Waals surface area contributed by atoms with Crippen molar-refractivity contribution in [2.45, 2.75) is 39.7 Å². The Labute approximate surface area is 117 Å². The largest absolute Gasteiger partial charge is 0.481 e. The van der Waals surface area contributed by atoms with Crippen molar-refractivity contribution in [2.75, 3.05) is 0 Å². The van der Waals surface area contributed by atoms with Gasteiger partial charge in [0.25, 0.3) is 0 Å². The second kappa shape index (κ2) is 5.61. The van der Waals surface area contributed by atoms with E-state index in [0.29, 0.717) is 17.9 Å². The summed E-state index contributed by atoms with van der Waals surface area (Å²) in [4.78, 5) is 15.5. The van der Waals surface area contributed by atoms with Gasteiger partial charge in [-0.25, -0.2) is 9.37 Å². The van der Waals surface area contributed by atoms with E-state index >= 15 is 0 Å². The van der Waals surface area contributed by atoms with Crippen LogP contribution in [0.2, 0.25) is 0 Å². The molecule has 0 saturated carbocycles. The van der Waals surface area contributed by atoms with E-state index in [4.69, 9.17) is 5.11 Å². The zero-order valence-electron chi connectivity index (χ0n) is 11.9. The highest BCUT2D eigenvalue weighted by Gasteiger charge is 2.26. The quantitative estimate of drug-likeness (QED) is 0.911. The fourth-order valence-electron chi connectivity index (χ4n) is 2.37. The molecule has 2 rings (SSSR count). The van der Waals surface area contributed by atoms with Gasteiger partial charge in [0.2, 0.25) is 0 Å². The predicted molar refractivity (Wildman–Crippen MR) is 75.2 cm³/mol. The molecule has 0 aliphatic heterocycles. The SMILES string of the molecule is CCCn1c(C(C)C(C)C(=O)O)nc2c(F)cccc21. The third-order valence-electron chi connectivity index (χ3n) is 3.75. The van der Waals surface area contributed by atoms with E-state index in [9.17, 15) is 9.18 Å². The number of aromatic nitrogens is 2. The van der Waals surface area contributed by atoms with E-state index in [1.54, 1.807) is 13.0 Å². The van der Waals surface area contributed by atoms with Gasteiger partial charge in [-0.2, -0.15) is 0 Å². The van der Waals surface area contributed by atoms with Crippen LogP contribution in [0, 0.1) is 11.7 Å². The van der Waals surface area contributed by atoms with Crippen LogP contribution in [0.1, 0.15) is 38.9 Å². The highest BCUT2D eigenvalue weighted by molar-refractivity contribution is 5.77. The molecule has 1 N–H and O–H groups in total. The zero-order chi connectivity index (χ0) is 14.9. The van der Waals surface area contributed by atoms with E-state index in [1.807, 2.05) is 24.5 Å². The van der Waals surface area contributed by atoms with E-state index in [-0.39, 0.29) is 11.7 Å². The number of carbonyl (C=O) groups is 1. The third-order valence-corrected chi connectivity index (χ3v) is 3.75. The number of aryl methyl sites for hydroxylation is 1. The number of imidazole rings is 1. The molecule has 1 heterocycles. The minimum atomic E-state index is -0.868. The Kier molecular flexibility index (Phi) is 4.06. The van der Waals surface area contributed by atoms with Gasteiger partial charge >= 0.3 is 5.97 Å². The van der Waals surface area contributed by atoms with Crippen molar-refractivity contribution in [1.29, 1.82) is 0 Å². The maximum Gasteiger partial charge on any atom is 0.306 e. The number of benzene rings is 1. The van der Waals surface area contributed by atoms with Gasteiger partial charge in [0.15, 0.2) is 5.82 Å². The molecule has 1 aromatic carbocycles. The first kappa shape index (κ1) is 14.5. The highest BCUT2D eigenvalue weighted by atomic mass is 19.1. The molecule has 20 heavy (non-hydrogen) atoms. The van der Waals surface area contributed by atoms with Crippen LogP contribution in [-0.4, -0.2) is 20.6 Å². The first-order valence-electron chi connectivity index (χ1n) is 6.84. The number of hydrogen-bond acceptors (Lipinski definition) is 2. The molecule has 0 bridgehead atoms. The van der Waals surface area contributed by atoms with Crippen LogP contribution in [0.5, 0.6) is 0 Å².